The highest BCUT2D eigenvalue weighted by Crippen LogP contribution is 2.13. The molecule has 0 unspecified atom stereocenters. The van der Waals surface area contributed by atoms with Gasteiger partial charge in [-0.3, -0.25) is 9.59 Å². The van der Waals surface area contributed by atoms with Crippen molar-refractivity contribution in [3.8, 4) is 5.75 Å². The second-order valence-electron chi connectivity index (χ2n) is 6.75. The van der Waals surface area contributed by atoms with Crippen molar-refractivity contribution in [1.29, 1.82) is 0 Å². The van der Waals surface area contributed by atoms with Crippen LogP contribution in [0.4, 0.5) is 5.69 Å². The van der Waals surface area contributed by atoms with Crippen molar-refractivity contribution in [2.45, 2.75) is 13.3 Å². The number of hydrogen-bond donors (Lipinski definition) is 3. The highest BCUT2D eigenvalue weighted by molar-refractivity contribution is 5.91. The number of anilines is 1. The third kappa shape index (κ3) is 6.55. The number of ether oxygens (including phenoxy) is 1. The molecule has 28 heavy (non-hydrogen) atoms. The first-order valence-corrected chi connectivity index (χ1v) is 9.17. The molecule has 1 aliphatic heterocycles. The van der Waals surface area contributed by atoms with Crippen LogP contribution in [0.2, 0.25) is 0 Å². The van der Waals surface area contributed by atoms with E-state index in [0.29, 0.717) is 12.3 Å². The predicted molar refractivity (Wildman–Crippen MR) is 112 cm³/mol. The van der Waals surface area contributed by atoms with E-state index < -0.39 is 0 Å². The molecular formula is C21H26ClN3O3. The van der Waals surface area contributed by atoms with Crippen molar-refractivity contribution >= 4 is 29.9 Å². The van der Waals surface area contributed by atoms with Gasteiger partial charge in [0.2, 0.25) is 5.91 Å². The molecule has 1 heterocycles. The molecule has 0 aromatic heterocycles. The summed E-state index contributed by atoms with van der Waals surface area (Å²) in [6, 6.07) is 15.2. The smallest absolute Gasteiger partial charge is 0.262 e. The summed E-state index contributed by atoms with van der Waals surface area (Å²) >= 11 is 0. The van der Waals surface area contributed by atoms with Crippen LogP contribution in [0, 0.1) is 12.8 Å². The van der Waals surface area contributed by atoms with E-state index >= 15 is 0 Å². The number of carbonyl (C=O) groups is 2. The Hall–Kier alpha value is -2.57. The number of halogens is 1. The molecule has 2 aromatic carbocycles. The first-order valence-electron chi connectivity index (χ1n) is 9.17. The van der Waals surface area contributed by atoms with Gasteiger partial charge in [0.15, 0.2) is 6.61 Å². The Kier molecular flexibility index (Phi) is 8.29. The third-order valence-corrected chi connectivity index (χ3v) is 4.46. The first-order chi connectivity index (χ1) is 13.1. The van der Waals surface area contributed by atoms with Crippen LogP contribution in [0.25, 0.3) is 0 Å². The molecule has 2 aromatic rings. The van der Waals surface area contributed by atoms with Gasteiger partial charge in [-0.1, -0.05) is 24.3 Å². The summed E-state index contributed by atoms with van der Waals surface area (Å²) in [5.41, 5.74) is 2.96. The molecule has 1 aliphatic rings. The molecule has 0 atom stereocenters. The fraction of sp³-hybridized carbons (Fsp3) is 0.333. The SMILES string of the molecule is Cc1cccc(NC(=O)COc2ccc(CCNC(=O)C3CNC3)cc2)c1.Cl. The second-order valence-corrected chi connectivity index (χ2v) is 6.75. The van der Waals surface area contributed by atoms with Gasteiger partial charge in [0.25, 0.3) is 5.91 Å². The quantitative estimate of drug-likeness (QED) is 0.632. The van der Waals surface area contributed by atoms with Crippen molar-refractivity contribution in [2.75, 3.05) is 31.6 Å². The van der Waals surface area contributed by atoms with Crippen LogP contribution >= 0.6 is 12.4 Å². The van der Waals surface area contributed by atoms with Gasteiger partial charge in [-0.25, -0.2) is 0 Å². The Bertz CT molecular complexity index is 792. The van der Waals surface area contributed by atoms with E-state index in [9.17, 15) is 9.59 Å². The first kappa shape index (κ1) is 21.7. The molecule has 0 bridgehead atoms. The van der Waals surface area contributed by atoms with E-state index in [1.54, 1.807) is 0 Å². The third-order valence-electron chi connectivity index (χ3n) is 4.46. The number of carbonyl (C=O) groups excluding carboxylic acids is 2. The van der Waals surface area contributed by atoms with Gasteiger partial charge in [-0.2, -0.15) is 0 Å². The van der Waals surface area contributed by atoms with Gasteiger partial charge < -0.3 is 20.7 Å². The van der Waals surface area contributed by atoms with Gasteiger partial charge >= 0.3 is 0 Å². The summed E-state index contributed by atoms with van der Waals surface area (Å²) in [6.45, 7) is 4.10. The summed E-state index contributed by atoms with van der Waals surface area (Å²) in [4.78, 5) is 23.7. The van der Waals surface area contributed by atoms with Crippen LogP contribution < -0.4 is 20.7 Å². The Balaban J connectivity index is 0.00000280. The zero-order valence-corrected chi connectivity index (χ0v) is 16.7. The minimum atomic E-state index is -0.196. The van der Waals surface area contributed by atoms with Crippen LogP contribution in [-0.2, 0) is 16.0 Å². The average molecular weight is 404 g/mol. The largest absolute Gasteiger partial charge is 0.484 e. The summed E-state index contributed by atoms with van der Waals surface area (Å²) in [7, 11) is 0. The van der Waals surface area contributed by atoms with Gasteiger partial charge in [0.05, 0.1) is 5.92 Å². The van der Waals surface area contributed by atoms with E-state index in [2.05, 4.69) is 16.0 Å². The standard InChI is InChI=1S/C21H25N3O3.ClH/c1-15-3-2-4-18(11-15)24-20(25)14-27-19-7-5-16(6-8-19)9-10-23-21(26)17-12-22-13-17;/h2-8,11,17,22H,9-10,12-14H2,1H3,(H,23,26)(H,24,25);1H. The Morgan fingerprint density at radius 1 is 1.14 bits per heavy atom. The van der Waals surface area contributed by atoms with Crippen LogP contribution in [0.1, 0.15) is 11.1 Å². The lowest BCUT2D eigenvalue weighted by atomic mass is 10.0. The van der Waals surface area contributed by atoms with E-state index in [1.807, 2.05) is 55.5 Å². The van der Waals surface area contributed by atoms with Crippen molar-refractivity contribution in [3.05, 3.63) is 59.7 Å². The van der Waals surface area contributed by atoms with Gasteiger partial charge in [-0.05, 0) is 48.7 Å². The summed E-state index contributed by atoms with van der Waals surface area (Å²) in [5.74, 6) is 0.681. The molecule has 7 heteroatoms. The van der Waals surface area contributed by atoms with Crippen LogP contribution in [0.15, 0.2) is 48.5 Å². The lowest BCUT2D eigenvalue weighted by molar-refractivity contribution is -0.126. The number of hydrogen-bond acceptors (Lipinski definition) is 4. The number of benzene rings is 2. The Morgan fingerprint density at radius 2 is 1.89 bits per heavy atom. The minimum absolute atomic E-state index is 0. The molecule has 0 spiro atoms. The lowest BCUT2D eigenvalue weighted by Gasteiger charge is -2.25. The van der Waals surface area contributed by atoms with Gasteiger partial charge in [0, 0.05) is 25.3 Å². The lowest BCUT2D eigenvalue weighted by Crippen LogP contribution is -2.51. The minimum Gasteiger partial charge on any atom is -0.484 e. The maximum atomic E-state index is 12.0. The van der Waals surface area contributed by atoms with Crippen molar-refractivity contribution in [2.24, 2.45) is 5.92 Å². The number of aryl methyl sites for hydroxylation is 1. The zero-order valence-electron chi connectivity index (χ0n) is 15.9. The second kappa shape index (κ2) is 10.7. The predicted octanol–water partition coefficient (Wildman–Crippen LogP) is 2.31. The van der Waals surface area contributed by atoms with E-state index in [0.717, 1.165) is 36.3 Å². The number of nitrogens with one attached hydrogen (secondary N) is 3. The molecule has 3 rings (SSSR count). The van der Waals surface area contributed by atoms with Crippen LogP contribution in [-0.4, -0.2) is 38.1 Å². The molecule has 1 fully saturated rings. The molecule has 0 radical (unpaired) electrons. The van der Waals surface area contributed by atoms with Gasteiger partial charge in [-0.15, -0.1) is 12.4 Å². The Labute approximate surface area is 171 Å². The van der Waals surface area contributed by atoms with E-state index in [4.69, 9.17) is 4.74 Å². The highest BCUT2D eigenvalue weighted by atomic mass is 35.5. The maximum Gasteiger partial charge on any atom is 0.262 e. The highest BCUT2D eigenvalue weighted by Gasteiger charge is 2.24. The fourth-order valence-electron chi connectivity index (χ4n) is 2.77. The average Bonchev–Trinajstić information content (AvgIpc) is 2.59. The molecule has 0 saturated carbocycles. The molecule has 0 aliphatic carbocycles. The molecule has 150 valence electrons. The Morgan fingerprint density at radius 3 is 2.54 bits per heavy atom. The van der Waals surface area contributed by atoms with Crippen molar-refractivity contribution < 1.29 is 14.3 Å². The normalized spacial score (nSPS) is 13.0. The summed E-state index contributed by atoms with van der Waals surface area (Å²) in [6.07, 6.45) is 0.764. The molecule has 3 N–H and O–H groups in total. The summed E-state index contributed by atoms with van der Waals surface area (Å²) in [5, 5.41) is 8.85. The van der Waals surface area contributed by atoms with Crippen molar-refractivity contribution in [3.63, 3.8) is 0 Å². The monoisotopic (exact) mass is 403 g/mol. The fourth-order valence-corrected chi connectivity index (χ4v) is 2.77. The molecule has 1 saturated heterocycles. The summed E-state index contributed by atoms with van der Waals surface area (Å²) < 4.78 is 5.53. The van der Waals surface area contributed by atoms with Crippen molar-refractivity contribution in [1.82, 2.24) is 10.6 Å². The van der Waals surface area contributed by atoms with Crippen LogP contribution in [0.3, 0.4) is 0 Å². The maximum absolute atomic E-state index is 12.0. The topological polar surface area (TPSA) is 79.5 Å². The molecular weight excluding hydrogens is 378 g/mol. The number of rotatable bonds is 8. The van der Waals surface area contributed by atoms with E-state index in [1.165, 1.54) is 0 Å². The molecule has 2 amide bonds. The van der Waals surface area contributed by atoms with E-state index in [-0.39, 0.29) is 36.7 Å². The van der Waals surface area contributed by atoms with Crippen LogP contribution in [0.5, 0.6) is 5.75 Å². The number of amides is 2. The van der Waals surface area contributed by atoms with Gasteiger partial charge in [0.1, 0.15) is 5.75 Å². The zero-order chi connectivity index (χ0) is 19.1. The molecule has 6 nitrogen and oxygen atoms in total.